The fraction of sp³-hybridized carbons (Fsp3) is 1.00. The van der Waals surface area contributed by atoms with E-state index < -0.39 is 15.9 Å². The largest absolute Gasteiger partial charge is 0.391 e. The standard InChI is InChI=1S/C13H27NO3S/c1-14(2)13(9-6-4-5-7-10-13)12(15)8-11-18(3,16)17/h12,15H,4-11H2,1-3H3. The molecule has 0 aromatic rings. The number of sulfone groups is 1. The molecule has 1 atom stereocenters. The van der Waals surface area contributed by atoms with E-state index in [1.165, 1.54) is 19.1 Å². The van der Waals surface area contributed by atoms with Gasteiger partial charge in [0.2, 0.25) is 0 Å². The Labute approximate surface area is 111 Å². The van der Waals surface area contributed by atoms with Crippen LogP contribution in [0, 0.1) is 0 Å². The minimum atomic E-state index is -3.00. The van der Waals surface area contributed by atoms with Gasteiger partial charge in [0.1, 0.15) is 9.84 Å². The van der Waals surface area contributed by atoms with Gasteiger partial charge in [-0.2, -0.15) is 0 Å². The molecule has 108 valence electrons. The lowest BCUT2D eigenvalue weighted by atomic mass is 9.82. The summed E-state index contributed by atoms with van der Waals surface area (Å²) in [5.74, 6) is 0.0732. The zero-order chi connectivity index (χ0) is 13.8. The molecule has 1 aliphatic carbocycles. The van der Waals surface area contributed by atoms with Crippen LogP contribution in [0.4, 0.5) is 0 Å². The van der Waals surface area contributed by atoms with Crippen molar-refractivity contribution in [3.8, 4) is 0 Å². The van der Waals surface area contributed by atoms with Crippen LogP contribution in [0.5, 0.6) is 0 Å². The van der Waals surface area contributed by atoms with E-state index in [1.807, 2.05) is 14.1 Å². The van der Waals surface area contributed by atoms with E-state index in [2.05, 4.69) is 4.90 Å². The molecule has 1 rings (SSSR count). The summed E-state index contributed by atoms with van der Waals surface area (Å²) < 4.78 is 22.5. The van der Waals surface area contributed by atoms with Crippen molar-refractivity contribution in [3.63, 3.8) is 0 Å². The highest BCUT2D eigenvalue weighted by molar-refractivity contribution is 7.90. The Morgan fingerprint density at radius 2 is 1.67 bits per heavy atom. The van der Waals surface area contributed by atoms with Crippen LogP contribution in [0.3, 0.4) is 0 Å². The quantitative estimate of drug-likeness (QED) is 0.773. The second-order valence-corrected chi connectivity index (χ2v) is 8.11. The molecular weight excluding hydrogens is 250 g/mol. The van der Waals surface area contributed by atoms with Crippen molar-refractivity contribution >= 4 is 9.84 Å². The Balaban J connectivity index is 2.76. The normalized spacial score (nSPS) is 22.7. The highest BCUT2D eigenvalue weighted by Crippen LogP contribution is 2.35. The predicted molar refractivity (Wildman–Crippen MR) is 74.5 cm³/mol. The van der Waals surface area contributed by atoms with Crippen LogP contribution in [0.25, 0.3) is 0 Å². The van der Waals surface area contributed by atoms with Gasteiger partial charge in [-0.15, -0.1) is 0 Å². The molecule has 0 amide bonds. The Morgan fingerprint density at radius 3 is 2.06 bits per heavy atom. The summed E-state index contributed by atoms with van der Waals surface area (Å²) in [5.41, 5.74) is -0.235. The molecule has 18 heavy (non-hydrogen) atoms. The summed E-state index contributed by atoms with van der Waals surface area (Å²) in [5, 5.41) is 10.5. The molecule has 1 N–H and O–H groups in total. The molecular formula is C13H27NO3S. The lowest BCUT2D eigenvalue weighted by molar-refractivity contribution is -0.0192. The van der Waals surface area contributed by atoms with Crippen molar-refractivity contribution in [1.82, 2.24) is 4.90 Å². The number of rotatable bonds is 5. The Kier molecular flexibility index (Phi) is 5.62. The summed E-state index contributed by atoms with van der Waals surface area (Å²) in [6.45, 7) is 0. The van der Waals surface area contributed by atoms with Crippen LogP contribution in [-0.4, -0.2) is 56.2 Å². The fourth-order valence-corrected chi connectivity index (χ4v) is 3.67. The van der Waals surface area contributed by atoms with Crippen molar-refractivity contribution in [3.05, 3.63) is 0 Å². The maximum absolute atomic E-state index is 11.2. The van der Waals surface area contributed by atoms with Crippen molar-refractivity contribution in [1.29, 1.82) is 0 Å². The molecule has 1 fully saturated rings. The summed E-state index contributed by atoms with van der Waals surface area (Å²) >= 11 is 0. The van der Waals surface area contributed by atoms with Gasteiger partial charge in [-0.05, 0) is 33.4 Å². The predicted octanol–water partition coefficient (Wildman–Crippen LogP) is 1.44. The third-order valence-electron chi connectivity index (χ3n) is 4.24. The maximum Gasteiger partial charge on any atom is 0.147 e. The first-order valence-electron chi connectivity index (χ1n) is 6.81. The molecule has 0 aromatic heterocycles. The minimum absolute atomic E-state index is 0.0732. The van der Waals surface area contributed by atoms with Gasteiger partial charge in [-0.1, -0.05) is 25.7 Å². The number of aliphatic hydroxyl groups is 1. The van der Waals surface area contributed by atoms with Gasteiger partial charge in [0, 0.05) is 11.8 Å². The molecule has 1 unspecified atom stereocenters. The van der Waals surface area contributed by atoms with Gasteiger partial charge in [-0.25, -0.2) is 8.42 Å². The van der Waals surface area contributed by atoms with Crippen molar-refractivity contribution in [2.75, 3.05) is 26.1 Å². The van der Waals surface area contributed by atoms with Crippen molar-refractivity contribution in [2.45, 2.75) is 56.6 Å². The van der Waals surface area contributed by atoms with Gasteiger partial charge >= 0.3 is 0 Å². The third kappa shape index (κ3) is 4.21. The van der Waals surface area contributed by atoms with Gasteiger partial charge in [0.15, 0.2) is 0 Å². The molecule has 0 saturated heterocycles. The number of nitrogens with zero attached hydrogens (tertiary/aromatic N) is 1. The molecule has 0 aliphatic heterocycles. The fourth-order valence-electron chi connectivity index (χ4n) is 3.01. The van der Waals surface area contributed by atoms with Crippen LogP contribution < -0.4 is 0 Å². The van der Waals surface area contributed by atoms with Gasteiger partial charge in [-0.3, -0.25) is 0 Å². The molecule has 0 radical (unpaired) electrons. The number of aliphatic hydroxyl groups excluding tert-OH is 1. The first-order valence-corrected chi connectivity index (χ1v) is 8.87. The Hall–Kier alpha value is -0.130. The van der Waals surface area contributed by atoms with Crippen molar-refractivity contribution in [2.24, 2.45) is 0 Å². The molecule has 1 saturated carbocycles. The first-order chi connectivity index (χ1) is 8.28. The highest BCUT2D eigenvalue weighted by atomic mass is 32.2. The highest BCUT2D eigenvalue weighted by Gasteiger charge is 2.40. The van der Waals surface area contributed by atoms with E-state index >= 15 is 0 Å². The minimum Gasteiger partial charge on any atom is -0.391 e. The van der Waals surface area contributed by atoms with E-state index in [1.54, 1.807) is 0 Å². The topological polar surface area (TPSA) is 57.6 Å². The van der Waals surface area contributed by atoms with E-state index in [0.717, 1.165) is 25.7 Å². The molecule has 4 nitrogen and oxygen atoms in total. The molecule has 1 aliphatic rings. The molecule has 0 aromatic carbocycles. The van der Waals surface area contributed by atoms with Crippen LogP contribution in [0.1, 0.15) is 44.9 Å². The van der Waals surface area contributed by atoms with E-state index in [9.17, 15) is 13.5 Å². The zero-order valence-corrected chi connectivity index (χ0v) is 12.7. The Morgan fingerprint density at radius 1 is 1.17 bits per heavy atom. The van der Waals surface area contributed by atoms with Crippen LogP contribution in [0.15, 0.2) is 0 Å². The maximum atomic E-state index is 11.2. The second-order valence-electron chi connectivity index (χ2n) is 5.85. The van der Waals surface area contributed by atoms with E-state index in [0.29, 0.717) is 6.42 Å². The van der Waals surface area contributed by atoms with Gasteiger partial charge < -0.3 is 10.0 Å². The van der Waals surface area contributed by atoms with E-state index in [-0.39, 0.29) is 11.3 Å². The number of likely N-dealkylation sites (N-methyl/N-ethyl adjacent to an activating group) is 1. The lowest BCUT2D eigenvalue weighted by Gasteiger charge is -2.43. The Bertz CT molecular complexity index is 343. The van der Waals surface area contributed by atoms with Crippen LogP contribution >= 0.6 is 0 Å². The van der Waals surface area contributed by atoms with Gasteiger partial charge in [0.05, 0.1) is 11.9 Å². The van der Waals surface area contributed by atoms with Crippen LogP contribution in [-0.2, 0) is 9.84 Å². The molecule has 0 spiro atoms. The molecule has 5 heteroatoms. The van der Waals surface area contributed by atoms with E-state index in [4.69, 9.17) is 0 Å². The number of hydrogen-bond acceptors (Lipinski definition) is 4. The second kappa shape index (κ2) is 6.35. The monoisotopic (exact) mass is 277 g/mol. The smallest absolute Gasteiger partial charge is 0.147 e. The summed E-state index contributed by atoms with van der Waals surface area (Å²) in [6, 6.07) is 0. The zero-order valence-electron chi connectivity index (χ0n) is 11.9. The number of hydrogen-bond donors (Lipinski definition) is 1. The molecule has 0 heterocycles. The lowest BCUT2D eigenvalue weighted by Crippen LogP contribution is -2.53. The summed E-state index contributed by atoms with van der Waals surface area (Å²) in [4.78, 5) is 2.10. The van der Waals surface area contributed by atoms with Gasteiger partial charge in [0.25, 0.3) is 0 Å². The van der Waals surface area contributed by atoms with Crippen molar-refractivity contribution < 1.29 is 13.5 Å². The summed E-state index contributed by atoms with van der Waals surface area (Å²) in [6.07, 6.45) is 7.62. The van der Waals surface area contributed by atoms with Crippen LogP contribution in [0.2, 0.25) is 0 Å². The molecule has 0 bridgehead atoms. The average molecular weight is 277 g/mol. The average Bonchev–Trinajstić information content (AvgIpc) is 2.51. The first kappa shape index (κ1) is 15.9. The SMILES string of the molecule is CN(C)C1(C(O)CCS(C)(=O)=O)CCCCCC1. The summed E-state index contributed by atoms with van der Waals surface area (Å²) in [7, 11) is 0.992. The third-order valence-corrected chi connectivity index (χ3v) is 5.22.